The normalized spacial score (nSPS) is 16.7. The van der Waals surface area contributed by atoms with E-state index in [4.69, 9.17) is 9.90 Å². The Morgan fingerprint density at radius 1 is 1.03 bits per heavy atom. The van der Waals surface area contributed by atoms with Crippen LogP contribution in [0.5, 0.6) is 0 Å². The number of benzene rings is 2. The molecule has 0 radical (unpaired) electrons. The third kappa shape index (κ3) is 5.43. The van der Waals surface area contributed by atoms with Crippen LogP contribution in [-0.2, 0) is 16.0 Å². The molecule has 5 rings (SSSR count). The summed E-state index contributed by atoms with van der Waals surface area (Å²) in [4.78, 5) is 26.2. The Kier molecular flexibility index (Phi) is 6.97. The first-order valence-electron chi connectivity index (χ1n) is 11.3. The number of hydrogen-bond acceptors (Lipinski definition) is 3. The molecule has 1 saturated carbocycles. The second-order valence-corrected chi connectivity index (χ2v) is 9.32. The van der Waals surface area contributed by atoms with Gasteiger partial charge >= 0.3 is 12.1 Å². The number of rotatable bonds is 5. The van der Waals surface area contributed by atoms with Crippen LogP contribution in [0.15, 0.2) is 36.4 Å². The third-order valence-corrected chi connectivity index (χ3v) is 6.65. The molecule has 1 saturated heterocycles. The molecule has 0 spiro atoms. The number of likely N-dealkylation sites (tertiary alicyclic amines) is 1. The minimum absolute atomic E-state index is 0.00368. The lowest BCUT2D eigenvalue weighted by Gasteiger charge is -2.41. The summed E-state index contributed by atoms with van der Waals surface area (Å²) in [7, 11) is 0. The number of aliphatic carboxylic acids is 1. The number of carbonyl (C=O) groups is 2. The summed E-state index contributed by atoms with van der Waals surface area (Å²) in [6, 6.07) is 8.01. The van der Waals surface area contributed by atoms with E-state index in [-0.39, 0.29) is 29.8 Å². The number of nitrogens with zero attached hydrogens (tertiary/aromatic N) is 1. The van der Waals surface area contributed by atoms with E-state index in [0.29, 0.717) is 36.2 Å². The molecule has 2 aromatic carbocycles. The van der Waals surface area contributed by atoms with Gasteiger partial charge in [-0.25, -0.2) is 18.0 Å². The van der Waals surface area contributed by atoms with Gasteiger partial charge in [-0.05, 0) is 66.6 Å². The highest BCUT2D eigenvalue weighted by Gasteiger charge is 2.53. The number of aliphatic hydroxyl groups is 1. The fraction of sp³-hybridized carbons (Fsp3) is 0.360. The second kappa shape index (κ2) is 9.73. The van der Waals surface area contributed by atoms with E-state index in [0.717, 1.165) is 24.5 Å². The summed E-state index contributed by atoms with van der Waals surface area (Å²) in [6.07, 6.45) is -3.11. The van der Waals surface area contributed by atoms with Crippen LogP contribution in [0, 0.1) is 28.8 Å². The number of fused-ring (bicyclic) bond motifs is 1. The number of carbonyl (C=O) groups excluding carboxylic acids is 1. The van der Waals surface area contributed by atoms with Crippen LogP contribution in [-0.4, -0.2) is 57.8 Å². The lowest BCUT2D eigenvalue weighted by molar-refractivity contribution is -0.192. The number of aromatic amines is 1. The van der Waals surface area contributed by atoms with Crippen LogP contribution in [0.3, 0.4) is 0 Å². The summed E-state index contributed by atoms with van der Waals surface area (Å²) < 4.78 is 73.4. The number of carboxylic acids is 1. The number of amides is 1. The third-order valence-electron chi connectivity index (χ3n) is 6.65. The monoisotopic (exact) mass is 528 g/mol. The van der Waals surface area contributed by atoms with Crippen molar-refractivity contribution in [2.24, 2.45) is 11.3 Å². The number of H-pyrrole nitrogens is 1. The molecule has 6 nitrogen and oxygen atoms in total. The molecule has 3 aromatic rings. The van der Waals surface area contributed by atoms with E-state index >= 15 is 0 Å². The van der Waals surface area contributed by atoms with Gasteiger partial charge in [0.05, 0.1) is 17.5 Å². The van der Waals surface area contributed by atoms with Gasteiger partial charge < -0.3 is 20.1 Å². The Morgan fingerprint density at radius 3 is 2.14 bits per heavy atom. The molecule has 2 fully saturated rings. The van der Waals surface area contributed by atoms with E-state index < -0.39 is 29.2 Å². The number of halogens is 6. The van der Waals surface area contributed by atoms with Crippen molar-refractivity contribution in [2.75, 3.05) is 19.7 Å². The second-order valence-electron chi connectivity index (χ2n) is 9.32. The molecule has 1 aliphatic heterocycles. The molecule has 37 heavy (non-hydrogen) atoms. The van der Waals surface area contributed by atoms with Crippen molar-refractivity contribution in [3.63, 3.8) is 0 Å². The van der Waals surface area contributed by atoms with Gasteiger partial charge in [-0.3, -0.25) is 4.79 Å². The summed E-state index contributed by atoms with van der Waals surface area (Å²) in [5, 5.41) is 17.1. The number of aliphatic hydroxyl groups excluding tert-OH is 1. The molecule has 0 atom stereocenters. The first-order valence-corrected chi connectivity index (χ1v) is 11.3. The van der Waals surface area contributed by atoms with Crippen LogP contribution in [0.1, 0.15) is 18.4 Å². The maximum absolute atomic E-state index is 14.4. The summed E-state index contributed by atoms with van der Waals surface area (Å²) in [5.74, 6) is -4.32. The first kappa shape index (κ1) is 26.5. The average Bonchev–Trinajstić information content (AvgIpc) is 3.52. The fourth-order valence-corrected chi connectivity index (χ4v) is 4.43. The molecule has 3 N–H and O–H groups in total. The van der Waals surface area contributed by atoms with Gasteiger partial charge in [0.1, 0.15) is 17.5 Å². The molecule has 0 bridgehead atoms. The molecular weight excluding hydrogens is 506 g/mol. The van der Waals surface area contributed by atoms with Crippen molar-refractivity contribution < 1.29 is 46.1 Å². The molecule has 2 heterocycles. The number of nitrogens with one attached hydrogen (secondary N) is 1. The van der Waals surface area contributed by atoms with Gasteiger partial charge in [0.25, 0.3) is 0 Å². The van der Waals surface area contributed by atoms with Crippen LogP contribution < -0.4 is 0 Å². The molecule has 12 heteroatoms. The van der Waals surface area contributed by atoms with E-state index in [1.54, 1.807) is 17.0 Å². The highest BCUT2D eigenvalue weighted by atomic mass is 19.4. The fourth-order valence-electron chi connectivity index (χ4n) is 4.43. The standard InChI is InChI=1S/C23H21F3N2O2.C2HF3O2/c24-15-3-1-14(2-4-15)20-17(18-8-16(25)9-19(26)21(18)27-20)7-13-10-28(11-13)22(30)23(12-29)5-6-23;3-2(4,5)1(6)7/h1-4,8-9,13,27,29H,5-7,10-12H2;(H,6,7). The Balaban J connectivity index is 0.000000405. The zero-order chi connectivity index (χ0) is 27.1. The highest BCUT2D eigenvalue weighted by Crippen LogP contribution is 2.48. The maximum Gasteiger partial charge on any atom is 0.490 e. The Labute approximate surface area is 206 Å². The van der Waals surface area contributed by atoms with Crippen molar-refractivity contribution in [3.05, 3.63) is 59.4 Å². The lowest BCUT2D eigenvalue weighted by Crippen LogP contribution is -2.53. The van der Waals surface area contributed by atoms with Crippen LogP contribution in [0.4, 0.5) is 26.3 Å². The molecule has 1 aromatic heterocycles. The Hall–Kier alpha value is -3.54. The maximum atomic E-state index is 14.4. The van der Waals surface area contributed by atoms with Crippen molar-refractivity contribution in [3.8, 4) is 11.3 Å². The van der Waals surface area contributed by atoms with Crippen LogP contribution in [0.2, 0.25) is 0 Å². The van der Waals surface area contributed by atoms with Gasteiger partial charge in [-0.15, -0.1) is 0 Å². The molecule has 2 aliphatic rings. The summed E-state index contributed by atoms with van der Waals surface area (Å²) in [6.45, 7) is 0.977. The van der Waals surface area contributed by atoms with Crippen molar-refractivity contribution in [1.82, 2.24) is 9.88 Å². The molecule has 1 aliphatic carbocycles. The van der Waals surface area contributed by atoms with E-state index in [1.807, 2.05) is 0 Å². The van der Waals surface area contributed by atoms with Gasteiger partial charge in [0.2, 0.25) is 5.91 Å². The minimum Gasteiger partial charge on any atom is -0.475 e. The largest absolute Gasteiger partial charge is 0.490 e. The SMILES string of the molecule is O=C(N1CC(Cc2c(-c3ccc(F)cc3)[nH]c3c(F)cc(F)cc23)C1)C1(CO)CC1.O=C(O)C(F)(F)F. The van der Waals surface area contributed by atoms with E-state index in [9.17, 15) is 36.2 Å². The highest BCUT2D eigenvalue weighted by molar-refractivity contribution is 5.91. The Morgan fingerprint density at radius 2 is 1.62 bits per heavy atom. The first-order chi connectivity index (χ1) is 17.3. The lowest BCUT2D eigenvalue weighted by atomic mass is 9.88. The number of hydrogen-bond donors (Lipinski definition) is 3. The van der Waals surface area contributed by atoms with Gasteiger partial charge in [-0.2, -0.15) is 13.2 Å². The Bertz CT molecular complexity index is 1330. The van der Waals surface area contributed by atoms with Crippen LogP contribution >= 0.6 is 0 Å². The number of carboxylic acid groups (broad SMARTS) is 1. The van der Waals surface area contributed by atoms with E-state index in [1.165, 1.54) is 18.2 Å². The number of alkyl halides is 3. The molecule has 0 unspecified atom stereocenters. The number of aromatic nitrogens is 1. The quantitative estimate of drug-likeness (QED) is 0.420. The topological polar surface area (TPSA) is 93.6 Å². The molecule has 198 valence electrons. The van der Waals surface area contributed by atoms with Crippen LogP contribution in [0.25, 0.3) is 22.2 Å². The zero-order valence-corrected chi connectivity index (χ0v) is 19.2. The smallest absolute Gasteiger partial charge is 0.475 e. The molecular formula is C25H22F6N2O4. The van der Waals surface area contributed by atoms with Crippen molar-refractivity contribution in [2.45, 2.75) is 25.4 Å². The average molecular weight is 528 g/mol. The van der Waals surface area contributed by atoms with Crippen molar-refractivity contribution in [1.29, 1.82) is 0 Å². The van der Waals surface area contributed by atoms with Crippen molar-refractivity contribution >= 4 is 22.8 Å². The van der Waals surface area contributed by atoms with Gasteiger partial charge in [-0.1, -0.05) is 0 Å². The summed E-state index contributed by atoms with van der Waals surface area (Å²) in [5.41, 5.74) is 1.71. The summed E-state index contributed by atoms with van der Waals surface area (Å²) >= 11 is 0. The van der Waals surface area contributed by atoms with Gasteiger partial charge in [0.15, 0.2) is 0 Å². The van der Waals surface area contributed by atoms with Gasteiger partial charge in [0, 0.05) is 30.2 Å². The molecule has 1 amide bonds. The van der Waals surface area contributed by atoms with E-state index in [2.05, 4.69) is 4.98 Å². The predicted octanol–water partition coefficient (Wildman–Crippen LogP) is 4.66. The minimum atomic E-state index is -5.08. The predicted molar refractivity (Wildman–Crippen MR) is 120 cm³/mol. The zero-order valence-electron chi connectivity index (χ0n) is 19.2.